The predicted octanol–water partition coefficient (Wildman–Crippen LogP) is 0.0341. The highest BCUT2D eigenvalue weighted by molar-refractivity contribution is 4.85. The van der Waals surface area contributed by atoms with Crippen LogP contribution in [0.1, 0.15) is 0 Å². The van der Waals surface area contributed by atoms with Crippen LogP contribution < -0.4 is 0 Å². The van der Waals surface area contributed by atoms with E-state index in [0.29, 0.717) is 6.61 Å². The van der Waals surface area contributed by atoms with Gasteiger partial charge in [0.15, 0.2) is 6.29 Å². The molecule has 0 radical (unpaired) electrons. The van der Waals surface area contributed by atoms with Gasteiger partial charge in [-0.2, -0.15) is 0 Å². The highest BCUT2D eigenvalue weighted by Gasteiger charge is 2.41. The first-order valence-corrected chi connectivity index (χ1v) is 4.51. The first-order chi connectivity index (χ1) is 6.78. The maximum absolute atomic E-state index is 5.41. The lowest BCUT2D eigenvalue weighted by Crippen LogP contribution is -2.55. The molecule has 0 spiro atoms. The molecule has 0 unspecified atom stereocenters. The third-order valence-corrected chi connectivity index (χ3v) is 2.46. The second-order valence-corrected chi connectivity index (χ2v) is 3.11. The van der Waals surface area contributed by atoms with Crippen LogP contribution in [0.25, 0.3) is 0 Å². The van der Waals surface area contributed by atoms with Gasteiger partial charge in [0.1, 0.15) is 18.3 Å². The van der Waals surface area contributed by atoms with Gasteiger partial charge in [-0.05, 0) is 0 Å². The largest absolute Gasteiger partial charge is 0.376 e. The summed E-state index contributed by atoms with van der Waals surface area (Å²) in [6.45, 7) is 0.452. The van der Waals surface area contributed by atoms with Crippen LogP contribution in [0.4, 0.5) is 0 Å². The van der Waals surface area contributed by atoms with Crippen molar-refractivity contribution in [3.63, 3.8) is 0 Å². The molecule has 5 nitrogen and oxygen atoms in total. The lowest BCUT2D eigenvalue weighted by molar-refractivity contribution is -0.276. The van der Waals surface area contributed by atoms with Crippen molar-refractivity contribution < 1.29 is 23.7 Å². The van der Waals surface area contributed by atoms with Gasteiger partial charge in [0.05, 0.1) is 6.61 Å². The minimum absolute atomic E-state index is 0.114. The van der Waals surface area contributed by atoms with E-state index in [1.165, 1.54) is 0 Å². The minimum atomic E-state index is -0.392. The SMILES string of the molecule is CO[C@@H]1OC[C@@H](OC)[C@@H](OC)[C@@H]1OC. The predicted molar refractivity (Wildman–Crippen MR) is 49.1 cm³/mol. The van der Waals surface area contributed by atoms with Crippen molar-refractivity contribution in [1.29, 1.82) is 0 Å². The fraction of sp³-hybridized carbons (Fsp3) is 1.00. The first-order valence-electron chi connectivity index (χ1n) is 4.51. The molecule has 0 amide bonds. The number of hydrogen-bond donors (Lipinski definition) is 0. The Hall–Kier alpha value is -0.200. The Labute approximate surface area is 84.2 Å². The van der Waals surface area contributed by atoms with E-state index in [4.69, 9.17) is 23.7 Å². The summed E-state index contributed by atoms with van der Waals surface area (Å²) in [7, 11) is 6.43. The normalized spacial score (nSPS) is 38.6. The van der Waals surface area contributed by atoms with Gasteiger partial charge in [-0.15, -0.1) is 0 Å². The van der Waals surface area contributed by atoms with Crippen LogP contribution >= 0.6 is 0 Å². The Morgan fingerprint density at radius 2 is 1.50 bits per heavy atom. The van der Waals surface area contributed by atoms with Crippen LogP contribution in [0.2, 0.25) is 0 Å². The van der Waals surface area contributed by atoms with E-state index in [0.717, 1.165) is 0 Å². The quantitative estimate of drug-likeness (QED) is 0.649. The molecular weight excluding hydrogens is 188 g/mol. The highest BCUT2D eigenvalue weighted by atomic mass is 16.7. The van der Waals surface area contributed by atoms with Gasteiger partial charge >= 0.3 is 0 Å². The summed E-state index contributed by atoms with van der Waals surface area (Å²) < 4.78 is 26.4. The number of ether oxygens (including phenoxy) is 5. The van der Waals surface area contributed by atoms with Crippen molar-refractivity contribution in [2.75, 3.05) is 35.0 Å². The van der Waals surface area contributed by atoms with Crippen LogP contribution in [0.5, 0.6) is 0 Å². The molecule has 0 saturated carbocycles. The molecule has 0 N–H and O–H groups in total. The second kappa shape index (κ2) is 5.63. The van der Waals surface area contributed by atoms with Crippen molar-refractivity contribution in [1.82, 2.24) is 0 Å². The van der Waals surface area contributed by atoms with Crippen molar-refractivity contribution >= 4 is 0 Å². The van der Waals surface area contributed by atoms with Crippen molar-refractivity contribution in [3.05, 3.63) is 0 Å². The lowest BCUT2D eigenvalue weighted by Gasteiger charge is -2.39. The molecule has 1 fully saturated rings. The standard InChI is InChI=1S/C9H18O5/c1-10-6-5-14-9(13-4)8(12-3)7(6)11-2/h6-9H,5H2,1-4H3/t6-,7-,8+,9-/m1/s1. The number of methoxy groups -OCH3 is 4. The summed E-state index contributed by atoms with van der Waals surface area (Å²) in [6.07, 6.45) is -0.930. The van der Waals surface area contributed by atoms with Crippen molar-refractivity contribution in [2.45, 2.75) is 24.6 Å². The molecular formula is C9H18O5. The summed E-state index contributed by atoms with van der Waals surface area (Å²) in [5.41, 5.74) is 0. The average Bonchev–Trinajstić information content (AvgIpc) is 2.26. The van der Waals surface area contributed by atoms with E-state index in [2.05, 4.69) is 0 Å². The topological polar surface area (TPSA) is 46.2 Å². The van der Waals surface area contributed by atoms with Gasteiger partial charge in [-0.1, -0.05) is 0 Å². The maximum Gasteiger partial charge on any atom is 0.186 e. The third kappa shape index (κ3) is 2.24. The van der Waals surface area contributed by atoms with E-state index in [9.17, 15) is 0 Å². The van der Waals surface area contributed by atoms with Crippen LogP contribution in [0.15, 0.2) is 0 Å². The second-order valence-electron chi connectivity index (χ2n) is 3.11. The molecule has 1 saturated heterocycles. The fourth-order valence-electron chi connectivity index (χ4n) is 1.68. The van der Waals surface area contributed by atoms with E-state index in [1.54, 1.807) is 28.4 Å². The molecule has 0 bridgehead atoms. The molecule has 14 heavy (non-hydrogen) atoms. The molecule has 1 rings (SSSR count). The van der Waals surface area contributed by atoms with Gasteiger partial charge in [0.25, 0.3) is 0 Å². The van der Waals surface area contributed by atoms with Gasteiger partial charge < -0.3 is 23.7 Å². The average molecular weight is 206 g/mol. The Morgan fingerprint density at radius 1 is 0.857 bits per heavy atom. The molecule has 0 aromatic carbocycles. The first kappa shape index (κ1) is 11.9. The van der Waals surface area contributed by atoms with Crippen molar-refractivity contribution in [2.24, 2.45) is 0 Å². The zero-order valence-corrected chi connectivity index (χ0v) is 9.06. The summed E-state index contributed by atoms with van der Waals surface area (Å²) in [5.74, 6) is 0. The molecule has 0 aliphatic carbocycles. The Bertz CT molecular complexity index is 145. The lowest BCUT2D eigenvalue weighted by atomic mass is 10.0. The van der Waals surface area contributed by atoms with E-state index >= 15 is 0 Å². The van der Waals surface area contributed by atoms with Crippen LogP contribution in [-0.2, 0) is 23.7 Å². The molecule has 0 aromatic rings. The van der Waals surface area contributed by atoms with Gasteiger partial charge in [-0.3, -0.25) is 0 Å². The van der Waals surface area contributed by atoms with Gasteiger partial charge in [0.2, 0.25) is 0 Å². The third-order valence-electron chi connectivity index (χ3n) is 2.46. The molecule has 1 aliphatic heterocycles. The molecule has 0 aromatic heterocycles. The molecule has 4 atom stereocenters. The van der Waals surface area contributed by atoms with Crippen LogP contribution in [0, 0.1) is 0 Å². The smallest absolute Gasteiger partial charge is 0.186 e. The van der Waals surface area contributed by atoms with E-state index in [1.807, 2.05) is 0 Å². The Morgan fingerprint density at radius 3 is 1.93 bits per heavy atom. The molecule has 1 heterocycles. The Kier molecular flexibility index (Phi) is 4.77. The minimum Gasteiger partial charge on any atom is -0.376 e. The fourth-order valence-corrected chi connectivity index (χ4v) is 1.68. The van der Waals surface area contributed by atoms with Crippen LogP contribution in [-0.4, -0.2) is 59.6 Å². The van der Waals surface area contributed by atoms with Gasteiger partial charge in [-0.25, -0.2) is 0 Å². The summed E-state index contributed by atoms with van der Waals surface area (Å²) >= 11 is 0. The zero-order valence-electron chi connectivity index (χ0n) is 9.06. The number of rotatable bonds is 4. The number of hydrogen-bond acceptors (Lipinski definition) is 5. The van der Waals surface area contributed by atoms with Gasteiger partial charge in [0, 0.05) is 28.4 Å². The Balaban J connectivity index is 2.67. The molecule has 5 heteroatoms. The summed E-state index contributed by atoms with van der Waals surface area (Å²) in [4.78, 5) is 0. The molecule has 84 valence electrons. The maximum atomic E-state index is 5.41. The zero-order chi connectivity index (χ0) is 10.6. The summed E-state index contributed by atoms with van der Waals surface area (Å²) in [5, 5.41) is 0. The van der Waals surface area contributed by atoms with Crippen molar-refractivity contribution in [3.8, 4) is 0 Å². The summed E-state index contributed by atoms with van der Waals surface area (Å²) in [6, 6.07) is 0. The van der Waals surface area contributed by atoms with E-state index < -0.39 is 6.29 Å². The van der Waals surface area contributed by atoms with Crippen LogP contribution in [0.3, 0.4) is 0 Å². The monoisotopic (exact) mass is 206 g/mol. The molecule has 1 aliphatic rings. The highest BCUT2D eigenvalue weighted by Crippen LogP contribution is 2.22. The van der Waals surface area contributed by atoms with E-state index in [-0.39, 0.29) is 18.3 Å².